The fraction of sp³-hybridized carbons (Fsp3) is 0.435. The fourth-order valence-corrected chi connectivity index (χ4v) is 3.62. The lowest BCUT2D eigenvalue weighted by molar-refractivity contribution is 0.0900. The molecule has 5 nitrogen and oxygen atoms in total. The van der Waals surface area contributed by atoms with Crippen molar-refractivity contribution in [2.24, 2.45) is 0 Å². The number of likely N-dealkylation sites (tertiary alicyclic amines) is 1. The summed E-state index contributed by atoms with van der Waals surface area (Å²) in [5.74, 6) is 1.07. The van der Waals surface area contributed by atoms with Crippen LogP contribution in [0.4, 0.5) is 0 Å². The Bertz CT molecular complexity index is 815. The van der Waals surface area contributed by atoms with Gasteiger partial charge in [0.1, 0.15) is 6.61 Å². The quantitative estimate of drug-likeness (QED) is 0.720. The maximum atomic E-state index is 12.7. The summed E-state index contributed by atoms with van der Waals surface area (Å²) >= 11 is 5.91. The van der Waals surface area contributed by atoms with Crippen LogP contribution in [0.1, 0.15) is 42.6 Å². The molecule has 1 heterocycles. The number of methoxy groups -OCH3 is 1. The molecule has 1 amide bonds. The van der Waals surface area contributed by atoms with Crippen LogP contribution in [-0.4, -0.2) is 43.1 Å². The number of hydrogen-bond donors (Lipinski definition) is 1. The number of halogens is 1. The molecule has 2 aromatic rings. The highest BCUT2D eigenvalue weighted by molar-refractivity contribution is 6.30. The van der Waals surface area contributed by atoms with Crippen LogP contribution in [-0.2, 0) is 6.61 Å². The van der Waals surface area contributed by atoms with Gasteiger partial charge in [-0.3, -0.25) is 4.79 Å². The van der Waals surface area contributed by atoms with E-state index in [1.807, 2.05) is 24.3 Å². The fourth-order valence-electron chi connectivity index (χ4n) is 3.50. The van der Waals surface area contributed by atoms with Gasteiger partial charge in [-0.15, -0.1) is 0 Å². The monoisotopic (exact) mass is 416 g/mol. The minimum atomic E-state index is -0.0736. The molecule has 0 atom stereocenters. The minimum Gasteiger partial charge on any atom is -0.493 e. The van der Waals surface area contributed by atoms with Gasteiger partial charge in [0.05, 0.1) is 7.11 Å². The van der Waals surface area contributed by atoms with E-state index in [1.165, 1.54) is 0 Å². The maximum Gasteiger partial charge on any atom is 0.251 e. The van der Waals surface area contributed by atoms with Crippen molar-refractivity contribution in [3.8, 4) is 11.5 Å². The van der Waals surface area contributed by atoms with Crippen molar-refractivity contribution < 1.29 is 14.3 Å². The van der Waals surface area contributed by atoms with Crippen LogP contribution in [0.25, 0.3) is 0 Å². The molecule has 1 saturated heterocycles. The van der Waals surface area contributed by atoms with Gasteiger partial charge in [-0.05, 0) is 62.6 Å². The third-order valence-electron chi connectivity index (χ3n) is 5.33. The molecule has 0 spiro atoms. The first-order valence-corrected chi connectivity index (χ1v) is 10.4. The third kappa shape index (κ3) is 5.87. The molecule has 0 bridgehead atoms. The largest absolute Gasteiger partial charge is 0.493 e. The van der Waals surface area contributed by atoms with Crippen molar-refractivity contribution in [2.75, 3.05) is 20.2 Å². The summed E-state index contributed by atoms with van der Waals surface area (Å²) in [6.45, 7) is 6.85. The Morgan fingerprint density at radius 2 is 1.83 bits per heavy atom. The molecule has 0 aromatic heterocycles. The van der Waals surface area contributed by atoms with Crippen molar-refractivity contribution in [3.05, 3.63) is 58.6 Å². The molecule has 0 radical (unpaired) electrons. The lowest BCUT2D eigenvalue weighted by Gasteiger charge is -2.34. The molecular weight excluding hydrogens is 388 g/mol. The molecule has 1 N–H and O–H groups in total. The van der Waals surface area contributed by atoms with Crippen LogP contribution in [0.15, 0.2) is 42.5 Å². The van der Waals surface area contributed by atoms with Crippen molar-refractivity contribution in [3.63, 3.8) is 0 Å². The standard InChI is InChI=1S/C23H29ClN2O3/c1-16(2)26-12-10-20(11-13-26)25-23(27)18-6-9-21(22(14-18)28-3)29-15-17-4-7-19(24)8-5-17/h4-9,14,16,20H,10-13,15H2,1-3H3,(H,25,27). The van der Waals surface area contributed by atoms with Gasteiger partial charge in [-0.2, -0.15) is 0 Å². The van der Waals surface area contributed by atoms with Crippen LogP contribution >= 0.6 is 11.6 Å². The molecule has 156 valence electrons. The number of nitrogens with zero attached hydrogens (tertiary/aromatic N) is 1. The second kappa shape index (κ2) is 9.99. The number of nitrogens with one attached hydrogen (secondary N) is 1. The summed E-state index contributed by atoms with van der Waals surface area (Å²) < 4.78 is 11.3. The zero-order valence-corrected chi connectivity index (χ0v) is 18.0. The summed E-state index contributed by atoms with van der Waals surface area (Å²) in [6, 6.07) is 13.6. The Morgan fingerprint density at radius 1 is 1.14 bits per heavy atom. The molecular formula is C23H29ClN2O3. The number of ether oxygens (including phenoxy) is 2. The summed E-state index contributed by atoms with van der Waals surface area (Å²) in [7, 11) is 1.58. The predicted molar refractivity (Wildman–Crippen MR) is 116 cm³/mol. The van der Waals surface area contributed by atoms with Crippen molar-refractivity contribution in [2.45, 2.75) is 45.4 Å². The van der Waals surface area contributed by atoms with Crippen LogP contribution in [0.5, 0.6) is 11.5 Å². The summed E-state index contributed by atoms with van der Waals surface area (Å²) in [5, 5.41) is 3.85. The van der Waals surface area contributed by atoms with E-state index in [0.29, 0.717) is 34.7 Å². The number of benzene rings is 2. The van der Waals surface area contributed by atoms with E-state index in [9.17, 15) is 4.79 Å². The normalized spacial score (nSPS) is 15.3. The second-order valence-corrected chi connectivity index (χ2v) is 8.09. The SMILES string of the molecule is COc1cc(C(=O)NC2CCN(C(C)C)CC2)ccc1OCc1ccc(Cl)cc1. The van der Waals surface area contributed by atoms with Gasteiger partial charge in [-0.25, -0.2) is 0 Å². The summed E-state index contributed by atoms with van der Waals surface area (Å²) in [4.78, 5) is 15.1. The zero-order valence-electron chi connectivity index (χ0n) is 17.3. The van der Waals surface area contributed by atoms with Gasteiger partial charge >= 0.3 is 0 Å². The van der Waals surface area contributed by atoms with Gasteiger partial charge in [0.25, 0.3) is 5.91 Å². The second-order valence-electron chi connectivity index (χ2n) is 7.66. The Balaban J connectivity index is 1.59. The number of piperidine rings is 1. The highest BCUT2D eigenvalue weighted by Gasteiger charge is 2.22. The van der Waals surface area contributed by atoms with Crippen LogP contribution in [0.2, 0.25) is 5.02 Å². The van der Waals surface area contributed by atoms with Crippen molar-refractivity contribution >= 4 is 17.5 Å². The van der Waals surface area contributed by atoms with E-state index < -0.39 is 0 Å². The van der Waals surface area contributed by atoms with Crippen LogP contribution < -0.4 is 14.8 Å². The van der Waals surface area contributed by atoms with Gasteiger partial charge < -0.3 is 19.7 Å². The van der Waals surface area contributed by atoms with E-state index in [2.05, 4.69) is 24.1 Å². The molecule has 6 heteroatoms. The lowest BCUT2D eigenvalue weighted by Crippen LogP contribution is -2.46. The highest BCUT2D eigenvalue weighted by Crippen LogP contribution is 2.29. The highest BCUT2D eigenvalue weighted by atomic mass is 35.5. The van der Waals surface area contributed by atoms with Crippen LogP contribution in [0, 0.1) is 0 Å². The number of amides is 1. The van der Waals surface area contributed by atoms with E-state index >= 15 is 0 Å². The Kier molecular flexibility index (Phi) is 7.40. The molecule has 0 unspecified atom stereocenters. The van der Waals surface area contributed by atoms with E-state index in [4.69, 9.17) is 21.1 Å². The molecule has 2 aromatic carbocycles. The lowest BCUT2D eigenvalue weighted by atomic mass is 10.0. The van der Waals surface area contributed by atoms with E-state index in [1.54, 1.807) is 25.3 Å². The molecule has 0 aliphatic carbocycles. The average molecular weight is 417 g/mol. The first-order valence-electron chi connectivity index (χ1n) is 10.1. The molecule has 29 heavy (non-hydrogen) atoms. The molecule has 1 aliphatic rings. The third-order valence-corrected chi connectivity index (χ3v) is 5.58. The number of hydrogen-bond acceptors (Lipinski definition) is 4. The van der Waals surface area contributed by atoms with Crippen molar-refractivity contribution in [1.82, 2.24) is 10.2 Å². The van der Waals surface area contributed by atoms with Gasteiger partial charge in [0.2, 0.25) is 0 Å². The van der Waals surface area contributed by atoms with Gasteiger partial charge in [0.15, 0.2) is 11.5 Å². The number of rotatable bonds is 7. The number of carbonyl (C=O) groups is 1. The van der Waals surface area contributed by atoms with E-state index in [-0.39, 0.29) is 11.9 Å². The average Bonchev–Trinajstić information content (AvgIpc) is 2.73. The smallest absolute Gasteiger partial charge is 0.251 e. The van der Waals surface area contributed by atoms with Gasteiger partial charge in [0, 0.05) is 35.8 Å². The summed E-state index contributed by atoms with van der Waals surface area (Å²) in [6.07, 6.45) is 1.95. The minimum absolute atomic E-state index is 0.0736. The first-order chi connectivity index (χ1) is 14.0. The number of carbonyl (C=O) groups excluding carboxylic acids is 1. The summed E-state index contributed by atoms with van der Waals surface area (Å²) in [5.41, 5.74) is 1.58. The zero-order chi connectivity index (χ0) is 20.8. The predicted octanol–water partition coefficient (Wildman–Crippen LogP) is 4.53. The van der Waals surface area contributed by atoms with E-state index in [0.717, 1.165) is 31.5 Å². The molecule has 1 fully saturated rings. The Hall–Kier alpha value is -2.24. The maximum absolute atomic E-state index is 12.7. The topological polar surface area (TPSA) is 50.8 Å². The molecule has 0 saturated carbocycles. The Morgan fingerprint density at radius 3 is 2.45 bits per heavy atom. The van der Waals surface area contributed by atoms with Crippen LogP contribution in [0.3, 0.4) is 0 Å². The van der Waals surface area contributed by atoms with Gasteiger partial charge in [-0.1, -0.05) is 23.7 Å². The van der Waals surface area contributed by atoms with Crippen molar-refractivity contribution in [1.29, 1.82) is 0 Å². The molecule has 1 aliphatic heterocycles. The Labute approximate surface area is 177 Å². The first kappa shape index (κ1) is 21.5. The molecule has 3 rings (SSSR count).